The fraction of sp³-hybridized carbons (Fsp3) is 0.579. The highest BCUT2D eigenvalue weighted by Gasteiger charge is 2.33. The molecule has 8 heteroatoms. The summed E-state index contributed by atoms with van der Waals surface area (Å²) in [4.78, 5) is 25.8. The number of fused-ring (bicyclic) bond motifs is 1. The van der Waals surface area contributed by atoms with Crippen molar-refractivity contribution in [1.82, 2.24) is 9.21 Å². The number of aryl methyl sites for hydroxylation is 2. The molecule has 0 atom stereocenters. The summed E-state index contributed by atoms with van der Waals surface area (Å²) in [5.74, 6) is -1.30. The van der Waals surface area contributed by atoms with E-state index in [-0.39, 0.29) is 24.2 Å². The summed E-state index contributed by atoms with van der Waals surface area (Å²) in [7, 11) is -3.26. The lowest BCUT2D eigenvalue weighted by Crippen LogP contribution is -2.50. The van der Waals surface area contributed by atoms with Gasteiger partial charge in [-0.3, -0.25) is 9.59 Å². The molecule has 0 spiro atoms. The van der Waals surface area contributed by atoms with Crippen LogP contribution in [-0.4, -0.2) is 66.0 Å². The molecule has 0 aromatic heterocycles. The van der Waals surface area contributed by atoms with Crippen LogP contribution in [0.15, 0.2) is 18.2 Å². The van der Waals surface area contributed by atoms with Gasteiger partial charge in [0.05, 0.1) is 5.75 Å². The number of rotatable bonds is 6. The molecule has 1 aromatic carbocycles. The Morgan fingerprint density at radius 2 is 1.85 bits per heavy atom. The van der Waals surface area contributed by atoms with Crippen LogP contribution in [0.4, 0.5) is 0 Å². The lowest BCUT2D eigenvalue weighted by atomic mass is 10.0. The Hall–Kier alpha value is -1.93. The smallest absolute Gasteiger partial charge is 0.323 e. The standard InChI is InChI=1S/C19H26N2O5S/c1-2-27(25,26)20-10-8-17(9-11-20)21(13-18(22)23)19(24)16-7-6-14-4-3-5-15(14)12-16/h6-7,12,17H,2-5,8-11,13H2,1H3,(H,22,23). The van der Waals surface area contributed by atoms with E-state index in [2.05, 4.69) is 0 Å². The van der Waals surface area contributed by atoms with Crippen LogP contribution in [0, 0.1) is 0 Å². The van der Waals surface area contributed by atoms with E-state index in [9.17, 15) is 23.1 Å². The molecule has 1 N–H and O–H groups in total. The maximum absolute atomic E-state index is 13.0. The number of nitrogens with zero attached hydrogens (tertiary/aromatic N) is 2. The molecule has 2 aliphatic rings. The van der Waals surface area contributed by atoms with Gasteiger partial charge in [-0.15, -0.1) is 0 Å². The molecular formula is C19H26N2O5S. The van der Waals surface area contributed by atoms with Crippen molar-refractivity contribution >= 4 is 21.9 Å². The second-order valence-electron chi connectivity index (χ2n) is 7.19. The van der Waals surface area contributed by atoms with Crippen LogP contribution >= 0.6 is 0 Å². The van der Waals surface area contributed by atoms with Crippen molar-refractivity contribution in [3.05, 3.63) is 34.9 Å². The first kappa shape index (κ1) is 19.8. The summed E-state index contributed by atoms with van der Waals surface area (Å²) >= 11 is 0. The van der Waals surface area contributed by atoms with Crippen molar-refractivity contribution in [1.29, 1.82) is 0 Å². The molecule has 0 unspecified atom stereocenters. The van der Waals surface area contributed by atoms with E-state index >= 15 is 0 Å². The number of aliphatic carboxylic acids is 1. The summed E-state index contributed by atoms with van der Waals surface area (Å²) in [6.07, 6.45) is 3.94. The second kappa shape index (κ2) is 7.98. The summed E-state index contributed by atoms with van der Waals surface area (Å²) in [6, 6.07) is 5.35. The van der Waals surface area contributed by atoms with Gasteiger partial charge in [0, 0.05) is 24.7 Å². The lowest BCUT2D eigenvalue weighted by Gasteiger charge is -2.37. The number of carboxylic acid groups (broad SMARTS) is 1. The Kier molecular flexibility index (Phi) is 5.86. The minimum atomic E-state index is -3.26. The predicted octanol–water partition coefficient (Wildman–Crippen LogP) is 1.52. The molecule has 1 aromatic rings. The van der Waals surface area contributed by atoms with Crippen molar-refractivity contribution in [3.8, 4) is 0 Å². The highest BCUT2D eigenvalue weighted by Crippen LogP contribution is 2.25. The molecule has 1 fully saturated rings. The van der Waals surface area contributed by atoms with Gasteiger partial charge in [0.2, 0.25) is 10.0 Å². The molecule has 3 rings (SSSR count). The topological polar surface area (TPSA) is 95.0 Å². The highest BCUT2D eigenvalue weighted by molar-refractivity contribution is 7.89. The molecule has 27 heavy (non-hydrogen) atoms. The van der Waals surface area contributed by atoms with E-state index in [0.29, 0.717) is 31.5 Å². The maximum atomic E-state index is 13.0. The van der Waals surface area contributed by atoms with Crippen molar-refractivity contribution in [3.63, 3.8) is 0 Å². The molecule has 1 aliphatic carbocycles. The number of amides is 1. The van der Waals surface area contributed by atoms with Gasteiger partial charge >= 0.3 is 5.97 Å². The normalized spacial score (nSPS) is 18.3. The summed E-state index contributed by atoms with van der Waals surface area (Å²) in [5, 5.41) is 9.28. The van der Waals surface area contributed by atoms with Crippen LogP contribution in [0.5, 0.6) is 0 Å². The zero-order chi connectivity index (χ0) is 19.6. The zero-order valence-corrected chi connectivity index (χ0v) is 16.4. The number of carboxylic acids is 1. The average molecular weight is 394 g/mol. The molecular weight excluding hydrogens is 368 g/mol. The molecule has 1 amide bonds. The van der Waals surface area contributed by atoms with Crippen LogP contribution in [0.1, 0.15) is 47.7 Å². The third kappa shape index (κ3) is 4.32. The molecule has 0 saturated carbocycles. The number of benzene rings is 1. The fourth-order valence-corrected chi connectivity index (χ4v) is 5.13. The minimum absolute atomic E-state index is 0.0462. The van der Waals surface area contributed by atoms with Gasteiger partial charge in [-0.05, 0) is 62.3 Å². The monoisotopic (exact) mass is 394 g/mol. The largest absolute Gasteiger partial charge is 0.480 e. The number of piperidine rings is 1. The Balaban J connectivity index is 1.76. The molecule has 148 valence electrons. The van der Waals surface area contributed by atoms with E-state index in [1.165, 1.54) is 20.3 Å². The number of hydrogen-bond donors (Lipinski definition) is 1. The van der Waals surface area contributed by atoms with Gasteiger partial charge in [0.15, 0.2) is 0 Å². The maximum Gasteiger partial charge on any atom is 0.323 e. The average Bonchev–Trinajstić information content (AvgIpc) is 3.13. The number of sulfonamides is 1. The zero-order valence-electron chi connectivity index (χ0n) is 15.6. The third-order valence-corrected chi connectivity index (χ3v) is 7.42. The van der Waals surface area contributed by atoms with E-state index in [1.54, 1.807) is 13.0 Å². The Labute approximate surface area is 160 Å². The first-order valence-corrected chi connectivity index (χ1v) is 11.0. The SMILES string of the molecule is CCS(=O)(=O)N1CCC(N(CC(=O)O)C(=O)c2ccc3c(c2)CCC3)CC1. The van der Waals surface area contributed by atoms with E-state index in [0.717, 1.165) is 19.3 Å². The van der Waals surface area contributed by atoms with Crippen molar-refractivity contribution in [2.75, 3.05) is 25.4 Å². The van der Waals surface area contributed by atoms with E-state index in [4.69, 9.17) is 0 Å². The van der Waals surface area contributed by atoms with Gasteiger partial charge in [-0.25, -0.2) is 12.7 Å². The third-order valence-electron chi connectivity index (χ3n) is 5.53. The summed E-state index contributed by atoms with van der Waals surface area (Å²) in [6.45, 7) is 1.86. The van der Waals surface area contributed by atoms with Crippen LogP contribution in [0.25, 0.3) is 0 Å². The Morgan fingerprint density at radius 3 is 2.48 bits per heavy atom. The second-order valence-corrected chi connectivity index (χ2v) is 9.45. The molecule has 0 bridgehead atoms. The van der Waals surface area contributed by atoms with E-state index < -0.39 is 16.0 Å². The first-order chi connectivity index (χ1) is 12.8. The van der Waals surface area contributed by atoms with Crippen LogP contribution in [0.2, 0.25) is 0 Å². The molecule has 0 radical (unpaired) electrons. The van der Waals surface area contributed by atoms with Gasteiger partial charge < -0.3 is 10.0 Å². The molecule has 1 heterocycles. The first-order valence-electron chi connectivity index (χ1n) is 9.44. The minimum Gasteiger partial charge on any atom is -0.480 e. The number of carbonyl (C=O) groups is 2. The fourth-order valence-electron chi connectivity index (χ4n) is 4.00. The van der Waals surface area contributed by atoms with Crippen LogP contribution in [-0.2, 0) is 27.7 Å². The van der Waals surface area contributed by atoms with Crippen molar-refractivity contribution < 1.29 is 23.1 Å². The molecule has 7 nitrogen and oxygen atoms in total. The Morgan fingerprint density at radius 1 is 1.19 bits per heavy atom. The highest BCUT2D eigenvalue weighted by atomic mass is 32.2. The van der Waals surface area contributed by atoms with Crippen molar-refractivity contribution in [2.24, 2.45) is 0 Å². The quantitative estimate of drug-likeness (QED) is 0.789. The predicted molar refractivity (Wildman–Crippen MR) is 101 cm³/mol. The Bertz CT molecular complexity index is 829. The lowest BCUT2D eigenvalue weighted by molar-refractivity contribution is -0.138. The summed E-state index contributed by atoms with van der Waals surface area (Å²) < 4.78 is 25.5. The van der Waals surface area contributed by atoms with Crippen molar-refractivity contribution in [2.45, 2.75) is 45.1 Å². The van der Waals surface area contributed by atoms with Gasteiger partial charge in [-0.1, -0.05) is 6.07 Å². The van der Waals surface area contributed by atoms with Gasteiger partial charge in [0.25, 0.3) is 5.91 Å². The molecule has 1 saturated heterocycles. The molecule has 1 aliphatic heterocycles. The van der Waals surface area contributed by atoms with Gasteiger partial charge in [0.1, 0.15) is 6.54 Å². The van der Waals surface area contributed by atoms with E-state index in [1.807, 2.05) is 12.1 Å². The number of carbonyl (C=O) groups excluding carboxylic acids is 1. The van der Waals surface area contributed by atoms with Gasteiger partial charge in [-0.2, -0.15) is 0 Å². The van der Waals surface area contributed by atoms with Crippen LogP contribution in [0.3, 0.4) is 0 Å². The summed E-state index contributed by atoms with van der Waals surface area (Å²) in [5.41, 5.74) is 2.94. The van der Waals surface area contributed by atoms with Crippen LogP contribution < -0.4 is 0 Å². The number of hydrogen-bond acceptors (Lipinski definition) is 4.